The van der Waals surface area contributed by atoms with E-state index >= 15 is 0 Å². The molecule has 1 aromatic carbocycles. The van der Waals surface area contributed by atoms with E-state index in [1.165, 1.54) is 0 Å². The van der Waals surface area contributed by atoms with Crippen molar-refractivity contribution >= 4 is 11.8 Å². The van der Waals surface area contributed by atoms with E-state index in [0.29, 0.717) is 11.3 Å². The van der Waals surface area contributed by atoms with E-state index in [1.54, 1.807) is 12.1 Å². The van der Waals surface area contributed by atoms with Crippen LogP contribution in [0.5, 0.6) is 0 Å². The summed E-state index contributed by atoms with van der Waals surface area (Å²) in [5, 5.41) is 8.97. The molecule has 17 heavy (non-hydrogen) atoms. The maximum atomic E-state index is 12.0. The predicted octanol–water partition coefficient (Wildman–Crippen LogP) is 2.08. The number of ketones is 1. The first-order valence-electron chi connectivity index (χ1n) is 6.04. The predicted molar refractivity (Wildman–Crippen MR) is 62.0 cm³/mol. The Labute approximate surface area is 99.5 Å². The molecule has 0 amide bonds. The summed E-state index contributed by atoms with van der Waals surface area (Å²) in [5.74, 6) is -0.200. The Hall–Kier alpha value is -1.64. The van der Waals surface area contributed by atoms with Gasteiger partial charge in [-0.15, -0.1) is 0 Å². The minimum absolute atomic E-state index is 0.130. The maximum absolute atomic E-state index is 12.0. The van der Waals surface area contributed by atoms with Gasteiger partial charge in [-0.25, -0.2) is 4.79 Å². The van der Waals surface area contributed by atoms with E-state index < -0.39 is 5.97 Å². The Morgan fingerprint density at radius 1 is 1.12 bits per heavy atom. The highest BCUT2D eigenvalue weighted by Crippen LogP contribution is 2.37. The smallest absolute Gasteiger partial charge is 0.335 e. The Kier molecular flexibility index (Phi) is 2.28. The number of fused-ring (bicyclic) bond motifs is 3. The number of carboxylic acids is 1. The van der Waals surface area contributed by atoms with Crippen LogP contribution in [-0.4, -0.2) is 16.9 Å². The van der Waals surface area contributed by atoms with Gasteiger partial charge in [0.1, 0.15) is 5.78 Å². The summed E-state index contributed by atoms with van der Waals surface area (Å²) in [7, 11) is 0. The molecular weight excluding hydrogens is 216 g/mol. The molecule has 88 valence electrons. The zero-order valence-corrected chi connectivity index (χ0v) is 9.48. The first-order chi connectivity index (χ1) is 8.15. The number of hydrogen-bond acceptors (Lipinski definition) is 2. The molecule has 0 spiro atoms. The largest absolute Gasteiger partial charge is 0.478 e. The molecule has 2 unspecified atom stereocenters. The number of carbonyl (C=O) groups excluding carboxylic acids is 1. The number of rotatable bonds is 1. The van der Waals surface area contributed by atoms with Crippen LogP contribution in [-0.2, 0) is 17.6 Å². The molecule has 1 fully saturated rings. The van der Waals surface area contributed by atoms with Gasteiger partial charge >= 0.3 is 5.97 Å². The van der Waals surface area contributed by atoms with Gasteiger partial charge in [-0.05, 0) is 48.9 Å². The standard InChI is InChI=1S/C14H14O3/c15-13-9-2-3-10(13)6-12-7-11(14(16)17)4-1-8(12)5-9/h1,4,7,9-10H,2-3,5-6H2,(H,16,17). The molecule has 0 aliphatic heterocycles. The first-order valence-corrected chi connectivity index (χ1v) is 6.04. The summed E-state index contributed by atoms with van der Waals surface area (Å²) in [6, 6.07) is 5.27. The number of carbonyl (C=O) groups is 2. The quantitative estimate of drug-likeness (QED) is 0.803. The van der Waals surface area contributed by atoms with Crippen molar-refractivity contribution in [2.75, 3.05) is 0 Å². The molecule has 3 rings (SSSR count). The van der Waals surface area contributed by atoms with E-state index in [0.717, 1.165) is 36.8 Å². The zero-order chi connectivity index (χ0) is 12.0. The lowest BCUT2D eigenvalue weighted by molar-refractivity contribution is -0.123. The van der Waals surface area contributed by atoms with Gasteiger partial charge in [-0.1, -0.05) is 6.07 Å². The minimum atomic E-state index is -0.895. The normalized spacial score (nSPS) is 26.5. The van der Waals surface area contributed by atoms with Crippen molar-refractivity contribution < 1.29 is 14.7 Å². The molecule has 1 aromatic rings. The first kappa shape index (κ1) is 10.5. The third kappa shape index (κ3) is 1.66. The molecule has 2 bridgehead atoms. The van der Waals surface area contributed by atoms with Crippen LogP contribution < -0.4 is 0 Å². The average Bonchev–Trinajstić information content (AvgIpc) is 2.54. The second-order valence-electron chi connectivity index (χ2n) is 5.07. The van der Waals surface area contributed by atoms with Gasteiger partial charge in [-0.3, -0.25) is 4.79 Å². The molecule has 1 saturated carbocycles. The monoisotopic (exact) mass is 230 g/mol. The van der Waals surface area contributed by atoms with Crippen LogP contribution in [0, 0.1) is 11.8 Å². The zero-order valence-electron chi connectivity index (χ0n) is 9.48. The lowest BCUT2D eigenvalue weighted by Crippen LogP contribution is -2.13. The van der Waals surface area contributed by atoms with Crippen LogP contribution in [0.15, 0.2) is 18.2 Å². The number of aromatic carboxylic acids is 1. The molecule has 0 radical (unpaired) electrons. The number of Topliss-reactive ketones (excluding diaryl/α,β-unsaturated/α-hetero) is 1. The average molecular weight is 230 g/mol. The fourth-order valence-corrected chi connectivity index (χ4v) is 3.10. The number of carboxylic acid groups (broad SMARTS) is 1. The molecule has 0 heterocycles. The Bertz CT molecular complexity index is 504. The maximum Gasteiger partial charge on any atom is 0.335 e. The van der Waals surface area contributed by atoms with Crippen LogP contribution in [0.4, 0.5) is 0 Å². The van der Waals surface area contributed by atoms with Crippen molar-refractivity contribution in [3.8, 4) is 0 Å². The van der Waals surface area contributed by atoms with Crippen LogP contribution in [0.25, 0.3) is 0 Å². The van der Waals surface area contributed by atoms with E-state index in [4.69, 9.17) is 5.11 Å². The van der Waals surface area contributed by atoms with Crippen molar-refractivity contribution in [1.29, 1.82) is 0 Å². The van der Waals surface area contributed by atoms with Crippen molar-refractivity contribution in [2.24, 2.45) is 11.8 Å². The Morgan fingerprint density at radius 3 is 2.41 bits per heavy atom. The molecule has 0 saturated heterocycles. The lowest BCUT2D eigenvalue weighted by atomic mass is 9.92. The fraction of sp³-hybridized carbons (Fsp3) is 0.429. The van der Waals surface area contributed by atoms with Crippen molar-refractivity contribution in [3.63, 3.8) is 0 Å². The Balaban J connectivity index is 2.03. The summed E-state index contributed by atoms with van der Waals surface area (Å²) in [6.45, 7) is 0. The van der Waals surface area contributed by atoms with Crippen LogP contribution in [0.2, 0.25) is 0 Å². The van der Waals surface area contributed by atoms with Gasteiger partial charge in [0.05, 0.1) is 5.56 Å². The lowest BCUT2D eigenvalue weighted by Gasteiger charge is -2.12. The van der Waals surface area contributed by atoms with Gasteiger partial charge in [0.15, 0.2) is 0 Å². The summed E-state index contributed by atoms with van der Waals surface area (Å²) in [4.78, 5) is 22.9. The minimum Gasteiger partial charge on any atom is -0.478 e. The SMILES string of the molecule is O=C(O)c1ccc2c(c1)CC1CCC(C2)C1=O. The van der Waals surface area contributed by atoms with Crippen LogP contribution in [0.1, 0.15) is 34.3 Å². The van der Waals surface area contributed by atoms with Crippen LogP contribution in [0.3, 0.4) is 0 Å². The summed E-state index contributed by atoms with van der Waals surface area (Å²) >= 11 is 0. The second kappa shape index (κ2) is 3.69. The van der Waals surface area contributed by atoms with Gasteiger partial charge in [0.25, 0.3) is 0 Å². The van der Waals surface area contributed by atoms with E-state index in [9.17, 15) is 9.59 Å². The van der Waals surface area contributed by atoms with Crippen molar-refractivity contribution in [2.45, 2.75) is 25.7 Å². The molecule has 3 heteroatoms. The van der Waals surface area contributed by atoms with E-state index in [1.807, 2.05) is 6.07 Å². The highest BCUT2D eigenvalue weighted by Gasteiger charge is 2.37. The molecule has 3 nitrogen and oxygen atoms in total. The molecule has 2 aliphatic rings. The van der Waals surface area contributed by atoms with E-state index in [-0.39, 0.29) is 11.8 Å². The van der Waals surface area contributed by atoms with Crippen LogP contribution >= 0.6 is 0 Å². The number of benzene rings is 1. The van der Waals surface area contributed by atoms with Gasteiger partial charge in [-0.2, -0.15) is 0 Å². The van der Waals surface area contributed by atoms with Crippen molar-refractivity contribution in [1.82, 2.24) is 0 Å². The molecule has 0 aromatic heterocycles. The summed E-state index contributed by atoms with van der Waals surface area (Å²) in [5.41, 5.74) is 2.55. The third-order valence-electron chi connectivity index (χ3n) is 4.05. The number of hydrogen-bond donors (Lipinski definition) is 1. The van der Waals surface area contributed by atoms with Gasteiger partial charge in [0, 0.05) is 11.8 Å². The summed E-state index contributed by atoms with van der Waals surface area (Å²) in [6.07, 6.45) is 3.50. The molecule has 1 N–H and O–H groups in total. The van der Waals surface area contributed by atoms with E-state index in [2.05, 4.69) is 0 Å². The molecule has 2 aliphatic carbocycles. The van der Waals surface area contributed by atoms with Crippen molar-refractivity contribution in [3.05, 3.63) is 34.9 Å². The van der Waals surface area contributed by atoms with Gasteiger partial charge < -0.3 is 5.11 Å². The molecular formula is C14H14O3. The fourth-order valence-electron chi connectivity index (χ4n) is 3.10. The second-order valence-corrected chi connectivity index (χ2v) is 5.07. The highest BCUT2D eigenvalue weighted by atomic mass is 16.4. The third-order valence-corrected chi connectivity index (χ3v) is 4.05. The topological polar surface area (TPSA) is 54.4 Å². The van der Waals surface area contributed by atoms with Gasteiger partial charge in [0.2, 0.25) is 0 Å². The summed E-state index contributed by atoms with van der Waals surface area (Å²) < 4.78 is 0. The molecule has 2 atom stereocenters. The highest BCUT2D eigenvalue weighted by molar-refractivity contribution is 5.89. The Morgan fingerprint density at radius 2 is 1.76 bits per heavy atom.